The minimum absolute atomic E-state index is 0.00443. The third-order valence-corrected chi connectivity index (χ3v) is 6.84. The SMILES string of the molecule is CCN1C(=O)C(CCNc2cccc(N(C)C(C)=O)c2)SC1CC(C#N)C(=O)NCCF. The van der Waals surface area contributed by atoms with Crippen molar-refractivity contribution in [2.75, 3.05) is 43.6 Å². The summed E-state index contributed by atoms with van der Waals surface area (Å²) in [4.78, 5) is 39.7. The van der Waals surface area contributed by atoms with E-state index < -0.39 is 18.5 Å². The predicted molar refractivity (Wildman–Crippen MR) is 124 cm³/mol. The van der Waals surface area contributed by atoms with Gasteiger partial charge in [0.25, 0.3) is 0 Å². The Kier molecular flexibility index (Phi) is 9.78. The van der Waals surface area contributed by atoms with Crippen molar-refractivity contribution in [3.8, 4) is 6.07 Å². The van der Waals surface area contributed by atoms with E-state index in [2.05, 4.69) is 10.6 Å². The first-order valence-corrected chi connectivity index (χ1v) is 11.5. The molecule has 1 fully saturated rings. The lowest BCUT2D eigenvalue weighted by atomic mass is 10.1. The Morgan fingerprint density at radius 3 is 2.75 bits per heavy atom. The summed E-state index contributed by atoms with van der Waals surface area (Å²) in [5, 5.41) is 14.5. The van der Waals surface area contributed by atoms with Gasteiger partial charge < -0.3 is 20.4 Å². The normalized spacial score (nSPS) is 18.7. The highest BCUT2D eigenvalue weighted by Gasteiger charge is 2.40. The van der Waals surface area contributed by atoms with Gasteiger partial charge in [0.1, 0.15) is 12.6 Å². The second kappa shape index (κ2) is 12.3. The third kappa shape index (κ3) is 6.60. The molecule has 8 nitrogen and oxygen atoms in total. The quantitative estimate of drug-likeness (QED) is 0.522. The predicted octanol–water partition coefficient (Wildman–Crippen LogP) is 2.38. The maximum absolute atomic E-state index is 12.8. The maximum atomic E-state index is 12.8. The number of nitrogens with zero attached hydrogens (tertiary/aromatic N) is 3. The van der Waals surface area contributed by atoms with Crippen LogP contribution >= 0.6 is 11.8 Å². The van der Waals surface area contributed by atoms with Crippen molar-refractivity contribution >= 4 is 40.9 Å². The lowest BCUT2D eigenvalue weighted by Gasteiger charge is -2.23. The molecule has 0 saturated carbocycles. The first kappa shape index (κ1) is 25.5. The first-order valence-electron chi connectivity index (χ1n) is 10.6. The standard InChI is InChI=1S/C22H30FN5O3S/c1-4-28-20(12-16(14-24)21(30)26-11-9-23)32-19(22(28)31)8-10-25-17-6-5-7-18(13-17)27(3)15(2)29/h5-7,13,16,19-20,25H,4,8-12H2,1-3H3,(H,26,30). The Balaban J connectivity index is 1.94. The average Bonchev–Trinajstić information content (AvgIpc) is 3.09. The van der Waals surface area contributed by atoms with E-state index >= 15 is 0 Å². The van der Waals surface area contributed by atoms with E-state index in [0.717, 1.165) is 11.4 Å². The molecule has 0 aromatic heterocycles. The van der Waals surface area contributed by atoms with Gasteiger partial charge >= 0.3 is 0 Å². The second-order valence-electron chi connectivity index (χ2n) is 7.44. The summed E-state index contributed by atoms with van der Waals surface area (Å²) in [6.07, 6.45) is 0.788. The van der Waals surface area contributed by atoms with Gasteiger partial charge in [0.05, 0.1) is 16.7 Å². The highest BCUT2D eigenvalue weighted by Crippen LogP contribution is 2.37. The Labute approximate surface area is 192 Å². The fourth-order valence-corrected chi connectivity index (χ4v) is 5.04. The molecule has 32 heavy (non-hydrogen) atoms. The van der Waals surface area contributed by atoms with E-state index in [9.17, 15) is 24.0 Å². The van der Waals surface area contributed by atoms with Crippen molar-refractivity contribution in [3.63, 3.8) is 0 Å². The van der Waals surface area contributed by atoms with Crippen LogP contribution in [-0.2, 0) is 14.4 Å². The number of anilines is 2. The maximum Gasteiger partial charge on any atom is 0.237 e. The highest BCUT2D eigenvalue weighted by molar-refractivity contribution is 8.01. The summed E-state index contributed by atoms with van der Waals surface area (Å²) in [5.74, 6) is -1.50. The van der Waals surface area contributed by atoms with E-state index in [1.807, 2.05) is 37.3 Å². The van der Waals surface area contributed by atoms with Crippen molar-refractivity contribution < 1.29 is 18.8 Å². The molecule has 0 spiro atoms. The summed E-state index contributed by atoms with van der Waals surface area (Å²) in [6.45, 7) is 3.60. The van der Waals surface area contributed by atoms with Crippen LogP contribution in [-0.4, -0.2) is 66.6 Å². The van der Waals surface area contributed by atoms with Gasteiger partial charge in [0, 0.05) is 51.4 Å². The number of amides is 3. The van der Waals surface area contributed by atoms with Crippen LogP contribution in [0.1, 0.15) is 26.7 Å². The van der Waals surface area contributed by atoms with Gasteiger partial charge in [-0.1, -0.05) is 6.07 Å². The molecule has 2 rings (SSSR count). The average molecular weight is 464 g/mol. The zero-order chi connectivity index (χ0) is 23.7. The lowest BCUT2D eigenvalue weighted by molar-refractivity contribution is -0.131. The molecule has 174 valence electrons. The van der Waals surface area contributed by atoms with E-state index in [4.69, 9.17) is 0 Å². The largest absolute Gasteiger partial charge is 0.385 e. The minimum Gasteiger partial charge on any atom is -0.385 e. The van der Waals surface area contributed by atoms with E-state index in [1.54, 1.807) is 16.8 Å². The molecule has 1 heterocycles. The van der Waals surface area contributed by atoms with E-state index in [-0.39, 0.29) is 35.4 Å². The monoisotopic (exact) mass is 463 g/mol. The van der Waals surface area contributed by atoms with Gasteiger partial charge in [0.15, 0.2) is 0 Å². The van der Waals surface area contributed by atoms with Crippen molar-refractivity contribution in [2.45, 2.75) is 37.3 Å². The van der Waals surface area contributed by atoms with Crippen LogP contribution in [0, 0.1) is 17.2 Å². The number of alkyl halides is 1. The van der Waals surface area contributed by atoms with Gasteiger partial charge in [-0.15, -0.1) is 11.8 Å². The van der Waals surface area contributed by atoms with Crippen LogP contribution in [0.5, 0.6) is 0 Å². The van der Waals surface area contributed by atoms with Crippen LogP contribution in [0.2, 0.25) is 0 Å². The topological polar surface area (TPSA) is 106 Å². The molecule has 3 amide bonds. The Bertz CT molecular complexity index is 862. The summed E-state index contributed by atoms with van der Waals surface area (Å²) in [7, 11) is 1.71. The minimum atomic E-state index is -0.932. The molecule has 10 heteroatoms. The molecule has 3 atom stereocenters. The summed E-state index contributed by atoms with van der Waals surface area (Å²) < 4.78 is 12.3. The zero-order valence-corrected chi connectivity index (χ0v) is 19.5. The molecular formula is C22H30FN5O3S. The molecule has 0 radical (unpaired) electrons. The molecule has 1 aromatic rings. The highest BCUT2D eigenvalue weighted by atomic mass is 32.2. The number of halogens is 1. The fourth-order valence-electron chi connectivity index (χ4n) is 3.45. The Morgan fingerprint density at radius 1 is 1.38 bits per heavy atom. The molecule has 2 N–H and O–H groups in total. The van der Waals surface area contributed by atoms with Crippen LogP contribution in [0.3, 0.4) is 0 Å². The summed E-state index contributed by atoms with van der Waals surface area (Å²) in [5.41, 5.74) is 1.63. The second-order valence-corrected chi connectivity index (χ2v) is 8.83. The van der Waals surface area contributed by atoms with Crippen molar-refractivity contribution in [2.24, 2.45) is 5.92 Å². The Morgan fingerprint density at radius 2 is 2.12 bits per heavy atom. The van der Waals surface area contributed by atoms with Gasteiger partial charge in [-0.2, -0.15) is 5.26 Å². The number of nitrogens with one attached hydrogen (secondary N) is 2. The third-order valence-electron chi connectivity index (χ3n) is 5.31. The van der Waals surface area contributed by atoms with Crippen LogP contribution in [0.15, 0.2) is 24.3 Å². The van der Waals surface area contributed by atoms with Crippen LogP contribution in [0.4, 0.5) is 15.8 Å². The van der Waals surface area contributed by atoms with Gasteiger partial charge in [-0.3, -0.25) is 14.4 Å². The Hall–Kier alpha value is -2.80. The molecule has 1 aliphatic rings. The van der Waals surface area contributed by atoms with Crippen molar-refractivity contribution in [3.05, 3.63) is 24.3 Å². The molecule has 1 aliphatic heterocycles. The van der Waals surface area contributed by atoms with Gasteiger partial charge in [-0.05, 0) is 31.5 Å². The zero-order valence-electron chi connectivity index (χ0n) is 18.6. The molecule has 3 unspecified atom stereocenters. The number of carbonyl (C=O) groups excluding carboxylic acids is 3. The lowest BCUT2D eigenvalue weighted by Crippen LogP contribution is -2.38. The number of hydrogen-bond acceptors (Lipinski definition) is 6. The van der Waals surface area contributed by atoms with Gasteiger partial charge in [-0.25, -0.2) is 4.39 Å². The van der Waals surface area contributed by atoms with Crippen LogP contribution < -0.4 is 15.5 Å². The van der Waals surface area contributed by atoms with E-state index in [1.165, 1.54) is 18.7 Å². The summed E-state index contributed by atoms with van der Waals surface area (Å²) >= 11 is 1.46. The summed E-state index contributed by atoms with van der Waals surface area (Å²) in [6, 6.07) is 9.45. The number of rotatable bonds is 11. The number of carbonyl (C=O) groups is 3. The number of nitriles is 1. The number of hydrogen-bond donors (Lipinski definition) is 2. The first-order chi connectivity index (χ1) is 15.3. The fraction of sp³-hybridized carbons (Fsp3) is 0.545. The van der Waals surface area contributed by atoms with Crippen molar-refractivity contribution in [1.82, 2.24) is 10.2 Å². The number of thioether (sulfide) groups is 1. The molecule has 0 bridgehead atoms. The van der Waals surface area contributed by atoms with Crippen LogP contribution in [0.25, 0.3) is 0 Å². The number of benzene rings is 1. The van der Waals surface area contributed by atoms with E-state index in [0.29, 0.717) is 19.5 Å². The molecule has 0 aliphatic carbocycles. The molecular weight excluding hydrogens is 433 g/mol. The smallest absolute Gasteiger partial charge is 0.237 e. The van der Waals surface area contributed by atoms with Gasteiger partial charge in [0.2, 0.25) is 17.7 Å². The molecule has 1 saturated heterocycles. The van der Waals surface area contributed by atoms with Crippen molar-refractivity contribution in [1.29, 1.82) is 5.26 Å². The molecule has 1 aromatic carbocycles.